The van der Waals surface area contributed by atoms with E-state index < -0.39 is 17.8 Å². The molecular weight excluding hydrogens is 392 g/mol. The number of anilines is 1. The molecule has 2 aromatic carbocycles. The summed E-state index contributed by atoms with van der Waals surface area (Å²) in [6.45, 7) is 3.08. The van der Waals surface area contributed by atoms with Crippen molar-refractivity contribution in [2.24, 2.45) is 0 Å². The van der Waals surface area contributed by atoms with Crippen LogP contribution in [-0.4, -0.2) is 54.6 Å². The third-order valence-electron chi connectivity index (χ3n) is 4.64. The van der Waals surface area contributed by atoms with Crippen molar-refractivity contribution in [2.75, 3.05) is 43.4 Å². The summed E-state index contributed by atoms with van der Waals surface area (Å²) in [5, 5.41) is 10.3. The number of hydrogen-bond donors (Lipinski definition) is 1. The Morgan fingerprint density at radius 2 is 1.68 bits per heavy atom. The molecule has 1 heterocycles. The van der Waals surface area contributed by atoms with E-state index >= 15 is 0 Å². The van der Waals surface area contributed by atoms with Crippen molar-refractivity contribution in [1.29, 1.82) is 0 Å². The summed E-state index contributed by atoms with van der Waals surface area (Å²) < 4.78 is 51.5. The molecule has 152 valence electrons. The van der Waals surface area contributed by atoms with E-state index in [9.17, 15) is 22.7 Å². The molecule has 0 radical (unpaired) electrons. The Labute approximate surface area is 166 Å². The zero-order chi connectivity index (χ0) is 20.1. The number of benzene rings is 2. The quantitative estimate of drug-likeness (QED) is 0.568. The lowest BCUT2D eigenvalue weighted by Crippen LogP contribution is -2.49. The molecule has 1 aliphatic rings. The molecule has 3 nitrogen and oxygen atoms in total. The van der Waals surface area contributed by atoms with Crippen LogP contribution in [0.3, 0.4) is 0 Å². The minimum absolute atomic E-state index is 0.288. The Morgan fingerprint density at radius 1 is 1.00 bits per heavy atom. The van der Waals surface area contributed by atoms with E-state index in [0.29, 0.717) is 44.2 Å². The molecule has 0 aliphatic carbocycles. The monoisotopic (exact) mass is 414 g/mol. The van der Waals surface area contributed by atoms with Crippen molar-refractivity contribution < 1.29 is 22.7 Å². The van der Waals surface area contributed by atoms with Gasteiger partial charge in [-0.15, -0.1) is 11.8 Å². The smallest absolute Gasteiger partial charge is 0.391 e. The van der Waals surface area contributed by atoms with E-state index in [1.54, 1.807) is 18.2 Å². The van der Waals surface area contributed by atoms with Crippen molar-refractivity contribution >= 4 is 17.4 Å². The average molecular weight is 414 g/mol. The van der Waals surface area contributed by atoms with Crippen LogP contribution in [0.4, 0.5) is 23.2 Å². The van der Waals surface area contributed by atoms with Gasteiger partial charge < -0.3 is 10.0 Å². The first kappa shape index (κ1) is 21.0. The number of hydrogen-bond acceptors (Lipinski definition) is 4. The standard InChI is InChI=1S/C20H22F4N2OS/c21-16-4-6-19(7-5-16)28-14-18(27)13-25-8-10-26(11-9-25)17-3-1-2-15(12-17)20(22,23)24/h1-7,12,18,27H,8-11,13-14H2. The fourth-order valence-electron chi connectivity index (χ4n) is 3.14. The first-order valence-corrected chi connectivity index (χ1v) is 10.0. The van der Waals surface area contributed by atoms with Crippen molar-refractivity contribution in [3.63, 3.8) is 0 Å². The van der Waals surface area contributed by atoms with E-state index in [-0.39, 0.29) is 5.82 Å². The highest BCUT2D eigenvalue weighted by molar-refractivity contribution is 7.99. The van der Waals surface area contributed by atoms with Gasteiger partial charge in [0.1, 0.15) is 5.82 Å². The predicted octanol–water partition coefficient (Wildman–Crippen LogP) is 4.12. The van der Waals surface area contributed by atoms with Gasteiger partial charge in [0.15, 0.2) is 0 Å². The zero-order valence-electron chi connectivity index (χ0n) is 15.2. The van der Waals surface area contributed by atoms with E-state index in [1.807, 2.05) is 4.90 Å². The third-order valence-corrected chi connectivity index (χ3v) is 5.79. The maximum atomic E-state index is 12.9. The molecule has 1 atom stereocenters. The Kier molecular flexibility index (Phi) is 6.85. The molecule has 0 aromatic heterocycles. The van der Waals surface area contributed by atoms with Crippen LogP contribution in [0.1, 0.15) is 5.56 Å². The molecule has 3 rings (SSSR count). The summed E-state index contributed by atoms with van der Waals surface area (Å²) >= 11 is 1.47. The molecule has 1 fully saturated rings. The van der Waals surface area contributed by atoms with Gasteiger partial charge in [-0.3, -0.25) is 4.90 Å². The number of halogens is 4. The van der Waals surface area contributed by atoms with Gasteiger partial charge in [-0.1, -0.05) is 6.07 Å². The molecular formula is C20H22F4N2OS. The highest BCUT2D eigenvalue weighted by Gasteiger charge is 2.31. The number of aliphatic hydroxyl groups is 1. The zero-order valence-corrected chi connectivity index (χ0v) is 16.0. The van der Waals surface area contributed by atoms with Crippen molar-refractivity contribution in [3.8, 4) is 0 Å². The summed E-state index contributed by atoms with van der Waals surface area (Å²) in [5.74, 6) is 0.211. The summed E-state index contributed by atoms with van der Waals surface area (Å²) in [5.41, 5.74) is -0.0671. The molecule has 8 heteroatoms. The highest BCUT2D eigenvalue weighted by atomic mass is 32.2. The lowest BCUT2D eigenvalue weighted by Gasteiger charge is -2.37. The lowest BCUT2D eigenvalue weighted by molar-refractivity contribution is -0.137. The molecule has 0 spiro atoms. The maximum absolute atomic E-state index is 12.9. The van der Waals surface area contributed by atoms with Gasteiger partial charge in [-0.25, -0.2) is 4.39 Å². The molecule has 28 heavy (non-hydrogen) atoms. The van der Waals surface area contributed by atoms with Crippen LogP contribution in [0.5, 0.6) is 0 Å². The Balaban J connectivity index is 1.45. The predicted molar refractivity (Wildman–Crippen MR) is 103 cm³/mol. The number of thioether (sulfide) groups is 1. The third kappa shape index (κ3) is 5.86. The van der Waals surface area contributed by atoms with E-state index in [4.69, 9.17) is 0 Å². The fourth-order valence-corrected chi connectivity index (χ4v) is 3.96. The topological polar surface area (TPSA) is 26.7 Å². The van der Waals surface area contributed by atoms with Crippen LogP contribution in [0, 0.1) is 5.82 Å². The largest absolute Gasteiger partial charge is 0.416 e. The number of β-amino-alcohol motifs (C(OH)–C–C–N with tert-alkyl or cyclic N) is 1. The molecule has 0 bridgehead atoms. The molecule has 1 saturated heterocycles. The van der Waals surface area contributed by atoms with Gasteiger partial charge in [-0.05, 0) is 42.5 Å². The second kappa shape index (κ2) is 9.15. The number of aliphatic hydroxyl groups excluding tert-OH is 1. The molecule has 0 amide bonds. The van der Waals surface area contributed by atoms with Gasteiger partial charge in [0.05, 0.1) is 11.7 Å². The van der Waals surface area contributed by atoms with Crippen LogP contribution < -0.4 is 4.90 Å². The van der Waals surface area contributed by atoms with Gasteiger partial charge in [-0.2, -0.15) is 13.2 Å². The Bertz CT molecular complexity index is 762. The number of nitrogens with zero attached hydrogens (tertiary/aromatic N) is 2. The SMILES string of the molecule is OC(CSc1ccc(F)cc1)CN1CCN(c2cccc(C(F)(F)F)c2)CC1. The van der Waals surface area contributed by atoms with Crippen LogP contribution in [0.25, 0.3) is 0 Å². The van der Waals surface area contributed by atoms with E-state index in [2.05, 4.69) is 4.90 Å². The minimum Gasteiger partial charge on any atom is -0.391 e. The van der Waals surface area contributed by atoms with E-state index in [1.165, 1.54) is 36.0 Å². The van der Waals surface area contributed by atoms with Crippen LogP contribution in [0.2, 0.25) is 0 Å². The van der Waals surface area contributed by atoms with Gasteiger partial charge in [0, 0.05) is 49.1 Å². The summed E-state index contributed by atoms with van der Waals surface area (Å²) in [4.78, 5) is 4.94. The van der Waals surface area contributed by atoms with Crippen LogP contribution >= 0.6 is 11.8 Å². The summed E-state index contributed by atoms with van der Waals surface area (Å²) in [7, 11) is 0. The molecule has 1 unspecified atom stereocenters. The Morgan fingerprint density at radius 3 is 2.32 bits per heavy atom. The Hall–Kier alpha value is -1.77. The van der Waals surface area contributed by atoms with Gasteiger partial charge in [0.25, 0.3) is 0 Å². The summed E-state index contributed by atoms with van der Waals surface area (Å²) in [6, 6.07) is 11.5. The lowest BCUT2D eigenvalue weighted by atomic mass is 10.1. The minimum atomic E-state index is -4.34. The highest BCUT2D eigenvalue weighted by Crippen LogP contribution is 2.32. The molecule has 0 saturated carbocycles. The fraction of sp³-hybridized carbons (Fsp3) is 0.400. The van der Waals surface area contributed by atoms with Crippen molar-refractivity contribution in [1.82, 2.24) is 4.90 Å². The molecule has 1 N–H and O–H groups in total. The summed E-state index contributed by atoms with van der Waals surface area (Å²) in [6.07, 6.45) is -4.88. The second-order valence-electron chi connectivity index (χ2n) is 6.75. The first-order valence-electron chi connectivity index (χ1n) is 9.02. The number of piperazine rings is 1. The van der Waals surface area contributed by atoms with Gasteiger partial charge >= 0.3 is 6.18 Å². The van der Waals surface area contributed by atoms with Crippen molar-refractivity contribution in [3.05, 3.63) is 59.9 Å². The van der Waals surface area contributed by atoms with Gasteiger partial charge in [0.2, 0.25) is 0 Å². The molecule has 1 aliphatic heterocycles. The average Bonchev–Trinajstić information content (AvgIpc) is 2.68. The maximum Gasteiger partial charge on any atom is 0.416 e. The van der Waals surface area contributed by atoms with Crippen molar-refractivity contribution in [2.45, 2.75) is 17.2 Å². The van der Waals surface area contributed by atoms with E-state index in [0.717, 1.165) is 11.0 Å². The number of rotatable bonds is 6. The number of alkyl halides is 3. The normalized spacial score (nSPS) is 17.0. The molecule has 2 aromatic rings. The second-order valence-corrected chi connectivity index (χ2v) is 7.85. The van der Waals surface area contributed by atoms with Crippen LogP contribution in [-0.2, 0) is 6.18 Å². The van der Waals surface area contributed by atoms with Crippen LogP contribution in [0.15, 0.2) is 53.4 Å². The first-order chi connectivity index (χ1) is 13.3.